The molecule has 2 N–H and O–H groups in total. The van der Waals surface area contributed by atoms with Crippen molar-refractivity contribution < 1.29 is 19.7 Å². The number of benzene rings is 1. The Morgan fingerprint density at radius 2 is 1.77 bits per heavy atom. The van der Waals surface area contributed by atoms with Gasteiger partial charge in [0.1, 0.15) is 6.10 Å². The summed E-state index contributed by atoms with van der Waals surface area (Å²) >= 11 is 0. The molecule has 2 saturated heterocycles. The summed E-state index contributed by atoms with van der Waals surface area (Å²) in [5, 5.41) is 20.0. The Morgan fingerprint density at radius 1 is 1.18 bits per heavy atom. The predicted molar refractivity (Wildman–Crippen MR) is 81.9 cm³/mol. The van der Waals surface area contributed by atoms with Crippen LogP contribution in [0.4, 0.5) is 0 Å². The van der Waals surface area contributed by atoms with E-state index < -0.39 is 12.2 Å². The van der Waals surface area contributed by atoms with Gasteiger partial charge >= 0.3 is 5.97 Å². The lowest BCUT2D eigenvalue weighted by Gasteiger charge is -2.35. The Labute approximate surface area is 129 Å². The highest BCUT2D eigenvalue weighted by atomic mass is 16.5. The number of likely N-dealkylation sites (N-methyl/N-ethyl adjacent to an activating group) is 1. The van der Waals surface area contributed by atoms with Gasteiger partial charge in [-0.25, -0.2) is 4.79 Å². The number of hydrogen-bond acceptors (Lipinski definition) is 5. The maximum absolute atomic E-state index is 11.9. The van der Waals surface area contributed by atoms with Crippen LogP contribution in [0.1, 0.15) is 18.4 Å². The van der Waals surface area contributed by atoms with Gasteiger partial charge < -0.3 is 14.9 Å². The number of rotatable bonds is 3. The van der Waals surface area contributed by atoms with Gasteiger partial charge in [-0.3, -0.25) is 4.90 Å². The molecular weight excluding hydrogens is 282 g/mol. The SMILES string of the molecule is CN1[C@@H]2CC(OC(=O)C=Cc3ccccc3)C[C@H]1[C@H](O)[C@H]2O. The van der Waals surface area contributed by atoms with Crippen molar-refractivity contribution in [1.82, 2.24) is 4.90 Å². The topological polar surface area (TPSA) is 70.0 Å². The first-order chi connectivity index (χ1) is 10.6. The average molecular weight is 303 g/mol. The van der Waals surface area contributed by atoms with Gasteiger partial charge in [-0.15, -0.1) is 0 Å². The maximum atomic E-state index is 11.9. The number of carbonyl (C=O) groups excluding carboxylic acids is 1. The Hall–Kier alpha value is -1.69. The lowest BCUT2D eigenvalue weighted by atomic mass is 10.00. The van der Waals surface area contributed by atoms with E-state index in [2.05, 4.69) is 0 Å². The van der Waals surface area contributed by atoms with Crippen LogP contribution >= 0.6 is 0 Å². The predicted octanol–water partition coefficient (Wildman–Crippen LogP) is 0.810. The van der Waals surface area contributed by atoms with Crippen molar-refractivity contribution >= 4 is 12.0 Å². The Bertz CT molecular complexity index is 533. The van der Waals surface area contributed by atoms with Crippen molar-refractivity contribution in [2.24, 2.45) is 0 Å². The van der Waals surface area contributed by atoms with E-state index in [1.165, 1.54) is 6.08 Å². The molecule has 0 radical (unpaired) electrons. The van der Waals surface area contributed by atoms with Crippen LogP contribution in [0.2, 0.25) is 0 Å². The van der Waals surface area contributed by atoms with E-state index in [9.17, 15) is 15.0 Å². The van der Waals surface area contributed by atoms with Crippen molar-refractivity contribution in [3.8, 4) is 0 Å². The molecule has 2 fully saturated rings. The molecule has 0 spiro atoms. The van der Waals surface area contributed by atoms with E-state index in [1.807, 2.05) is 42.3 Å². The number of hydrogen-bond donors (Lipinski definition) is 2. The third-order valence-corrected chi connectivity index (χ3v) is 4.69. The zero-order valence-electron chi connectivity index (χ0n) is 12.5. The Balaban J connectivity index is 1.58. The van der Waals surface area contributed by atoms with Crippen LogP contribution in [-0.4, -0.2) is 58.5 Å². The molecule has 118 valence electrons. The number of aliphatic hydroxyl groups is 2. The Morgan fingerprint density at radius 3 is 2.36 bits per heavy atom. The second kappa shape index (κ2) is 6.20. The van der Waals surface area contributed by atoms with Crippen molar-refractivity contribution in [2.45, 2.75) is 43.2 Å². The van der Waals surface area contributed by atoms with E-state index >= 15 is 0 Å². The van der Waals surface area contributed by atoms with Crippen LogP contribution in [0.5, 0.6) is 0 Å². The molecule has 5 atom stereocenters. The molecule has 0 aromatic heterocycles. The molecular formula is C17H21NO4. The van der Waals surface area contributed by atoms with E-state index in [0.29, 0.717) is 12.8 Å². The van der Waals surface area contributed by atoms with E-state index in [-0.39, 0.29) is 24.2 Å². The fourth-order valence-electron chi connectivity index (χ4n) is 3.46. The largest absolute Gasteiger partial charge is 0.459 e. The fourth-order valence-corrected chi connectivity index (χ4v) is 3.46. The molecule has 0 saturated carbocycles. The average Bonchev–Trinajstić information content (AvgIpc) is 2.65. The highest BCUT2D eigenvalue weighted by molar-refractivity contribution is 5.87. The van der Waals surface area contributed by atoms with E-state index in [4.69, 9.17) is 4.74 Å². The number of aliphatic hydroxyl groups excluding tert-OH is 2. The first-order valence-electron chi connectivity index (χ1n) is 7.58. The minimum Gasteiger partial charge on any atom is -0.459 e. The summed E-state index contributed by atoms with van der Waals surface area (Å²) in [5.41, 5.74) is 0.939. The zero-order chi connectivity index (χ0) is 15.7. The summed E-state index contributed by atoms with van der Waals surface area (Å²) in [6, 6.07) is 9.25. The second-order valence-corrected chi connectivity index (χ2v) is 6.06. The lowest BCUT2D eigenvalue weighted by Crippen LogP contribution is -2.45. The third kappa shape index (κ3) is 2.92. The van der Waals surface area contributed by atoms with Crippen molar-refractivity contribution in [3.63, 3.8) is 0 Å². The monoisotopic (exact) mass is 303 g/mol. The number of ether oxygens (including phenoxy) is 1. The highest BCUT2D eigenvalue weighted by Crippen LogP contribution is 2.36. The highest BCUT2D eigenvalue weighted by Gasteiger charge is 2.51. The summed E-state index contributed by atoms with van der Waals surface area (Å²) in [4.78, 5) is 13.9. The molecule has 1 aromatic carbocycles. The van der Waals surface area contributed by atoms with Gasteiger partial charge in [-0.2, -0.15) is 0 Å². The van der Waals surface area contributed by atoms with Gasteiger partial charge in [0.15, 0.2) is 0 Å². The standard InChI is InChI=1S/C17H21NO4/c1-18-13-9-12(10-14(18)17(21)16(13)20)22-15(19)8-7-11-5-3-2-4-6-11/h2-8,12-14,16-17,20-21H,9-10H2,1H3/t12?,13-,14+,16-,17-/m0/s1. The fraction of sp³-hybridized carbons (Fsp3) is 0.471. The van der Waals surface area contributed by atoms with Crippen LogP contribution in [0, 0.1) is 0 Å². The summed E-state index contributed by atoms with van der Waals surface area (Å²) in [5.74, 6) is -0.387. The molecule has 5 nitrogen and oxygen atoms in total. The van der Waals surface area contributed by atoms with Gasteiger partial charge in [0.25, 0.3) is 0 Å². The van der Waals surface area contributed by atoms with Crippen molar-refractivity contribution in [1.29, 1.82) is 0 Å². The van der Waals surface area contributed by atoms with Gasteiger partial charge in [0, 0.05) is 31.0 Å². The molecule has 0 amide bonds. The molecule has 1 aromatic rings. The van der Waals surface area contributed by atoms with Crippen molar-refractivity contribution in [3.05, 3.63) is 42.0 Å². The molecule has 2 aliphatic heterocycles. The van der Waals surface area contributed by atoms with Gasteiger partial charge in [0.05, 0.1) is 12.2 Å². The summed E-state index contributed by atoms with van der Waals surface area (Å²) in [6.45, 7) is 0. The molecule has 22 heavy (non-hydrogen) atoms. The number of fused-ring (bicyclic) bond motifs is 2. The zero-order valence-corrected chi connectivity index (χ0v) is 12.5. The van der Waals surface area contributed by atoms with Crippen LogP contribution in [0.25, 0.3) is 6.08 Å². The minimum atomic E-state index is -0.765. The summed E-state index contributed by atoms with van der Waals surface area (Å²) in [7, 11) is 1.89. The van der Waals surface area contributed by atoms with Crippen LogP contribution < -0.4 is 0 Å². The minimum absolute atomic E-state index is 0.148. The van der Waals surface area contributed by atoms with Crippen molar-refractivity contribution in [2.75, 3.05) is 7.05 Å². The van der Waals surface area contributed by atoms with Crippen LogP contribution in [0.3, 0.4) is 0 Å². The van der Waals surface area contributed by atoms with Gasteiger partial charge in [-0.05, 0) is 18.7 Å². The molecule has 0 aliphatic carbocycles. The lowest BCUT2D eigenvalue weighted by molar-refractivity contribution is -0.146. The molecule has 3 rings (SSSR count). The first-order valence-corrected chi connectivity index (χ1v) is 7.58. The number of nitrogens with zero attached hydrogens (tertiary/aromatic N) is 1. The smallest absolute Gasteiger partial charge is 0.331 e. The Kier molecular flexibility index (Phi) is 4.29. The first kappa shape index (κ1) is 15.2. The number of esters is 1. The number of piperidine rings is 1. The summed E-state index contributed by atoms with van der Waals surface area (Å²) in [6.07, 6.45) is 2.45. The molecule has 1 unspecified atom stereocenters. The number of carbonyl (C=O) groups is 1. The quantitative estimate of drug-likeness (QED) is 0.639. The van der Waals surface area contributed by atoms with Gasteiger partial charge in [-0.1, -0.05) is 30.3 Å². The van der Waals surface area contributed by atoms with Gasteiger partial charge in [0.2, 0.25) is 0 Å². The third-order valence-electron chi connectivity index (χ3n) is 4.69. The second-order valence-electron chi connectivity index (χ2n) is 6.06. The van der Waals surface area contributed by atoms with E-state index in [0.717, 1.165) is 5.56 Å². The van der Waals surface area contributed by atoms with Crippen LogP contribution in [0.15, 0.2) is 36.4 Å². The molecule has 2 heterocycles. The normalized spacial score (nSPS) is 35.0. The molecule has 2 bridgehead atoms. The van der Waals surface area contributed by atoms with E-state index in [1.54, 1.807) is 6.08 Å². The molecule has 5 heteroatoms. The molecule has 2 aliphatic rings. The van der Waals surface area contributed by atoms with Crippen LogP contribution in [-0.2, 0) is 9.53 Å². The maximum Gasteiger partial charge on any atom is 0.331 e. The summed E-state index contributed by atoms with van der Waals surface area (Å²) < 4.78 is 5.46.